The van der Waals surface area contributed by atoms with Crippen LogP contribution in [-0.4, -0.2) is 21.3 Å². The number of hydrogen-bond acceptors (Lipinski definition) is 3. The van der Waals surface area contributed by atoms with Gasteiger partial charge < -0.3 is 14.8 Å². The van der Waals surface area contributed by atoms with Crippen molar-refractivity contribution in [1.29, 1.82) is 0 Å². The molecule has 0 bridgehead atoms. The molecule has 2 aromatic rings. The average Bonchev–Trinajstić information content (AvgIpc) is 2.96. The first kappa shape index (κ1) is 14.0. The minimum Gasteiger partial charge on any atom is -0.496 e. The minimum absolute atomic E-state index is 0.445. The van der Waals surface area contributed by atoms with Gasteiger partial charge in [0, 0.05) is 6.04 Å². The van der Waals surface area contributed by atoms with E-state index >= 15 is 0 Å². The first-order chi connectivity index (χ1) is 10.3. The van der Waals surface area contributed by atoms with E-state index in [-0.39, 0.29) is 0 Å². The lowest BCUT2D eigenvalue weighted by molar-refractivity contribution is 0.397. The molecule has 1 aliphatic rings. The normalized spacial score (nSPS) is 16.6. The minimum atomic E-state index is 0.445. The standard InChI is InChI=1S/C18H21NO2/c1-19-15-10-9-12-7-8-13(11-14(12)15)18-16(20-2)5-4-6-17(18)21-3/h4-8,11,15,19H,9-10H2,1-3H3. The van der Waals surface area contributed by atoms with Gasteiger partial charge >= 0.3 is 0 Å². The Morgan fingerprint density at radius 3 is 2.38 bits per heavy atom. The Balaban J connectivity index is 2.14. The zero-order chi connectivity index (χ0) is 14.8. The van der Waals surface area contributed by atoms with Gasteiger partial charge in [0.1, 0.15) is 11.5 Å². The summed E-state index contributed by atoms with van der Waals surface area (Å²) in [4.78, 5) is 0. The lowest BCUT2D eigenvalue weighted by atomic mass is 9.98. The zero-order valence-corrected chi connectivity index (χ0v) is 12.8. The van der Waals surface area contributed by atoms with Crippen molar-refractivity contribution in [2.75, 3.05) is 21.3 Å². The van der Waals surface area contributed by atoms with Gasteiger partial charge in [-0.25, -0.2) is 0 Å². The molecule has 21 heavy (non-hydrogen) atoms. The molecule has 1 aliphatic carbocycles. The van der Waals surface area contributed by atoms with Gasteiger partial charge in [0.15, 0.2) is 0 Å². The van der Waals surface area contributed by atoms with Gasteiger partial charge in [-0.15, -0.1) is 0 Å². The Labute approximate surface area is 125 Å². The van der Waals surface area contributed by atoms with Crippen LogP contribution in [0.1, 0.15) is 23.6 Å². The van der Waals surface area contributed by atoms with Gasteiger partial charge in [-0.05, 0) is 54.8 Å². The Hall–Kier alpha value is -2.00. The molecule has 0 aromatic heterocycles. The predicted molar refractivity (Wildman–Crippen MR) is 85.1 cm³/mol. The van der Waals surface area contributed by atoms with Crippen molar-refractivity contribution < 1.29 is 9.47 Å². The summed E-state index contributed by atoms with van der Waals surface area (Å²) in [6.45, 7) is 0. The number of benzene rings is 2. The van der Waals surface area contributed by atoms with E-state index in [0.29, 0.717) is 6.04 Å². The maximum Gasteiger partial charge on any atom is 0.130 e. The van der Waals surface area contributed by atoms with E-state index in [2.05, 4.69) is 23.5 Å². The lowest BCUT2D eigenvalue weighted by Crippen LogP contribution is -2.12. The van der Waals surface area contributed by atoms with Crippen molar-refractivity contribution in [1.82, 2.24) is 5.32 Å². The fourth-order valence-electron chi connectivity index (χ4n) is 3.19. The van der Waals surface area contributed by atoms with E-state index in [9.17, 15) is 0 Å². The van der Waals surface area contributed by atoms with Crippen molar-refractivity contribution in [3.05, 3.63) is 47.5 Å². The molecule has 1 unspecified atom stereocenters. The second-order valence-electron chi connectivity index (χ2n) is 5.33. The van der Waals surface area contributed by atoms with Crippen molar-refractivity contribution >= 4 is 0 Å². The number of rotatable bonds is 4. The molecule has 3 heteroatoms. The molecule has 0 amide bonds. The van der Waals surface area contributed by atoms with Crippen LogP contribution in [0, 0.1) is 0 Å². The van der Waals surface area contributed by atoms with E-state index in [1.165, 1.54) is 17.5 Å². The zero-order valence-electron chi connectivity index (χ0n) is 12.8. The SMILES string of the molecule is CNC1CCc2ccc(-c3c(OC)cccc3OC)cc21. The van der Waals surface area contributed by atoms with Gasteiger partial charge in [-0.3, -0.25) is 0 Å². The van der Waals surface area contributed by atoms with Gasteiger partial charge in [-0.2, -0.15) is 0 Å². The molecule has 0 saturated heterocycles. The molecule has 0 heterocycles. The Kier molecular flexibility index (Phi) is 3.84. The molecule has 0 radical (unpaired) electrons. The molecule has 0 fully saturated rings. The highest BCUT2D eigenvalue weighted by atomic mass is 16.5. The molecule has 1 N–H and O–H groups in total. The molecule has 2 aromatic carbocycles. The number of methoxy groups -OCH3 is 2. The molecule has 1 atom stereocenters. The van der Waals surface area contributed by atoms with Crippen molar-refractivity contribution in [2.24, 2.45) is 0 Å². The van der Waals surface area contributed by atoms with Crippen LogP contribution in [-0.2, 0) is 6.42 Å². The van der Waals surface area contributed by atoms with Gasteiger partial charge in [0.2, 0.25) is 0 Å². The maximum atomic E-state index is 5.52. The third kappa shape index (κ3) is 2.38. The number of aryl methyl sites for hydroxylation is 1. The summed E-state index contributed by atoms with van der Waals surface area (Å²) in [5.74, 6) is 1.68. The summed E-state index contributed by atoms with van der Waals surface area (Å²) in [6.07, 6.45) is 2.31. The monoisotopic (exact) mass is 283 g/mol. The van der Waals surface area contributed by atoms with Crippen LogP contribution in [0.25, 0.3) is 11.1 Å². The van der Waals surface area contributed by atoms with E-state index in [1.807, 2.05) is 25.2 Å². The first-order valence-electron chi connectivity index (χ1n) is 7.30. The molecular formula is C18H21NO2. The Morgan fingerprint density at radius 2 is 1.76 bits per heavy atom. The first-order valence-corrected chi connectivity index (χ1v) is 7.30. The third-order valence-corrected chi connectivity index (χ3v) is 4.29. The predicted octanol–water partition coefficient (Wildman–Crippen LogP) is 3.58. The highest BCUT2D eigenvalue weighted by Gasteiger charge is 2.22. The summed E-state index contributed by atoms with van der Waals surface area (Å²) in [5, 5.41) is 3.39. The second-order valence-corrected chi connectivity index (χ2v) is 5.33. The van der Waals surface area contributed by atoms with Crippen LogP contribution in [0.3, 0.4) is 0 Å². The fourth-order valence-corrected chi connectivity index (χ4v) is 3.19. The Bertz CT molecular complexity index is 629. The van der Waals surface area contributed by atoms with Gasteiger partial charge in [0.05, 0.1) is 19.8 Å². The number of ether oxygens (including phenoxy) is 2. The summed E-state index contributed by atoms with van der Waals surface area (Å²) < 4.78 is 11.0. The summed E-state index contributed by atoms with van der Waals surface area (Å²) in [6, 6.07) is 13.0. The van der Waals surface area contributed by atoms with Crippen LogP contribution in [0.5, 0.6) is 11.5 Å². The number of hydrogen-bond donors (Lipinski definition) is 1. The van der Waals surface area contributed by atoms with Crippen LogP contribution < -0.4 is 14.8 Å². The lowest BCUT2D eigenvalue weighted by Gasteiger charge is -2.16. The highest BCUT2D eigenvalue weighted by Crippen LogP contribution is 2.41. The summed E-state index contributed by atoms with van der Waals surface area (Å²) in [7, 11) is 5.42. The topological polar surface area (TPSA) is 30.5 Å². The quantitative estimate of drug-likeness (QED) is 0.930. The molecular weight excluding hydrogens is 262 g/mol. The van der Waals surface area contributed by atoms with Crippen LogP contribution in [0.15, 0.2) is 36.4 Å². The van der Waals surface area contributed by atoms with Crippen LogP contribution >= 0.6 is 0 Å². The molecule has 0 saturated carbocycles. The molecule has 3 rings (SSSR count). The number of nitrogens with one attached hydrogen (secondary N) is 1. The highest BCUT2D eigenvalue weighted by molar-refractivity contribution is 5.77. The molecule has 3 nitrogen and oxygen atoms in total. The average molecular weight is 283 g/mol. The number of fused-ring (bicyclic) bond motifs is 1. The molecule has 110 valence electrons. The van der Waals surface area contributed by atoms with Crippen molar-refractivity contribution in [2.45, 2.75) is 18.9 Å². The van der Waals surface area contributed by atoms with Crippen LogP contribution in [0.4, 0.5) is 0 Å². The van der Waals surface area contributed by atoms with E-state index in [4.69, 9.17) is 9.47 Å². The fraction of sp³-hybridized carbons (Fsp3) is 0.333. The third-order valence-electron chi connectivity index (χ3n) is 4.29. The maximum absolute atomic E-state index is 5.52. The second kappa shape index (κ2) is 5.78. The van der Waals surface area contributed by atoms with E-state index in [0.717, 1.165) is 29.0 Å². The van der Waals surface area contributed by atoms with Gasteiger partial charge in [0.25, 0.3) is 0 Å². The van der Waals surface area contributed by atoms with E-state index in [1.54, 1.807) is 14.2 Å². The van der Waals surface area contributed by atoms with Crippen molar-refractivity contribution in [3.63, 3.8) is 0 Å². The summed E-state index contributed by atoms with van der Waals surface area (Å²) in [5.41, 5.74) is 4.99. The largest absolute Gasteiger partial charge is 0.496 e. The van der Waals surface area contributed by atoms with Crippen molar-refractivity contribution in [3.8, 4) is 22.6 Å². The smallest absolute Gasteiger partial charge is 0.130 e. The molecule has 0 spiro atoms. The van der Waals surface area contributed by atoms with E-state index < -0.39 is 0 Å². The Morgan fingerprint density at radius 1 is 1.05 bits per heavy atom. The van der Waals surface area contributed by atoms with Crippen LogP contribution in [0.2, 0.25) is 0 Å². The summed E-state index contributed by atoms with van der Waals surface area (Å²) >= 11 is 0. The molecule has 0 aliphatic heterocycles. The van der Waals surface area contributed by atoms with Gasteiger partial charge in [-0.1, -0.05) is 18.2 Å².